The molecule has 0 heterocycles. The van der Waals surface area contributed by atoms with E-state index in [0.29, 0.717) is 18.2 Å². The number of rotatable bonds is 3. The van der Waals surface area contributed by atoms with Gasteiger partial charge in [-0.15, -0.1) is 0 Å². The normalized spacial score (nSPS) is 12.1. The molecule has 0 atom stereocenters. The lowest BCUT2D eigenvalue weighted by Crippen LogP contribution is -1.91. The lowest BCUT2D eigenvalue weighted by Gasteiger charge is -1.94. The Kier molecular flexibility index (Phi) is 5.61. The predicted octanol–water partition coefficient (Wildman–Crippen LogP) is 2.34. The third-order valence-electron chi connectivity index (χ3n) is 0.562. The van der Waals surface area contributed by atoms with Crippen LogP contribution in [0.1, 0.15) is 6.92 Å². The number of hydrogen-bond acceptors (Lipinski definition) is 1. The second-order valence-electron chi connectivity index (χ2n) is 1.19. The molecular formula is C5H8Cl2O. The summed E-state index contributed by atoms with van der Waals surface area (Å²) < 4.78 is 4.90. The van der Waals surface area contributed by atoms with Gasteiger partial charge in [0.05, 0.1) is 11.6 Å². The summed E-state index contributed by atoms with van der Waals surface area (Å²) in [5.74, 6) is 0. The van der Waals surface area contributed by atoms with E-state index in [2.05, 4.69) is 0 Å². The topological polar surface area (TPSA) is 9.23 Å². The van der Waals surface area contributed by atoms with Gasteiger partial charge in [0.15, 0.2) is 0 Å². The molecule has 0 aromatic carbocycles. The molecule has 0 saturated heterocycles. The SMILES string of the molecule is CCOCC(Cl)=CCl. The lowest BCUT2D eigenvalue weighted by molar-refractivity contribution is 0.175. The van der Waals surface area contributed by atoms with Gasteiger partial charge in [0.2, 0.25) is 0 Å². The molecule has 3 heteroatoms. The van der Waals surface area contributed by atoms with Crippen LogP contribution in [0.2, 0.25) is 0 Å². The highest BCUT2D eigenvalue weighted by Gasteiger charge is 1.86. The van der Waals surface area contributed by atoms with Crippen LogP contribution in [0, 0.1) is 0 Å². The third kappa shape index (κ3) is 4.44. The molecule has 1 nitrogen and oxygen atoms in total. The van der Waals surface area contributed by atoms with Crippen molar-refractivity contribution in [3.05, 3.63) is 10.6 Å². The highest BCUT2D eigenvalue weighted by molar-refractivity contribution is 6.36. The largest absolute Gasteiger partial charge is 0.376 e. The molecule has 0 aromatic heterocycles. The molecule has 0 N–H and O–H groups in total. The Hall–Kier alpha value is 0.280. The van der Waals surface area contributed by atoms with Crippen LogP contribution in [0.4, 0.5) is 0 Å². The first-order valence-electron chi connectivity index (χ1n) is 2.33. The van der Waals surface area contributed by atoms with Gasteiger partial charge in [0.1, 0.15) is 0 Å². The van der Waals surface area contributed by atoms with Gasteiger partial charge in [0.25, 0.3) is 0 Å². The molecule has 0 aliphatic rings. The standard InChI is InChI=1S/C5H8Cl2O/c1-2-8-4-5(7)3-6/h3H,2,4H2,1H3. The average Bonchev–Trinajstić information content (AvgIpc) is 1.83. The van der Waals surface area contributed by atoms with E-state index in [9.17, 15) is 0 Å². The summed E-state index contributed by atoms with van der Waals surface area (Å²) in [6, 6.07) is 0. The summed E-state index contributed by atoms with van der Waals surface area (Å²) in [5, 5.41) is 0.536. The first kappa shape index (κ1) is 8.28. The lowest BCUT2D eigenvalue weighted by atomic mass is 10.7. The van der Waals surface area contributed by atoms with Crippen LogP contribution in [-0.2, 0) is 4.74 Å². The van der Waals surface area contributed by atoms with Crippen LogP contribution >= 0.6 is 23.2 Å². The van der Waals surface area contributed by atoms with E-state index in [1.165, 1.54) is 5.54 Å². The average molecular weight is 155 g/mol. The molecular weight excluding hydrogens is 147 g/mol. The molecule has 8 heavy (non-hydrogen) atoms. The van der Waals surface area contributed by atoms with Gasteiger partial charge in [-0.1, -0.05) is 23.2 Å². The minimum Gasteiger partial charge on any atom is -0.376 e. The van der Waals surface area contributed by atoms with Crippen molar-refractivity contribution < 1.29 is 4.74 Å². The first-order chi connectivity index (χ1) is 3.81. The summed E-state index contributed by atoms with van der Waals surface area (Å²) in [4.78, 5) is 0. The molecule has 0 rings (SSSR count). The van der Waals surface area contributed by atoms with Crippen LogP contribution in [0.15, 0.2) is 10.6 Å². The van der Waals surface area contributed by atoms with Crippen molar-refractivity contribution in [2.45, 2.75) is 6.92 Å². The second kappa shape index (κ2) is 5.42. The summed E-state index contributed by atoms with van der Waals surface area (Å²) in [7, 11) is 0. The van der Waals surface area contributed by atoms with E-state index in [4.69, 9.17) is 27.9 Å². The predicted molar refractivity (Wildman–Crippen MR) is 36.3 cm³/mol. The van der Waals surface area contributed by atoms with Crippen LogP contribution < -0.4 is 0 Å². The quantitative estimate of drug-likeness (QED) is 0.607. The van der Waals surface area contributed by atoms with E-state index in [1.807, 2.05) is 6.92 Å². The summed E-state index contributed by atoms with van der Waals surface area (Å²) in [5.41, 5.74) is 1.30. The Bertz CT molecular complexity index is 80.5. The molecule has 0 saturated carbocycles. The summed E-state index contributed by atoms with van der Waals surface area (Å²) in [6.45, 7) is 2.99. The van der Waals surface area contributed by atoms with Crippen LogP contribution in [0.25, 0.3) is 0 Å². The summed E-state index contributed by atoms with van der Waals surface area (Å²) in [6.07, 6.45) is 0. The van der Waals surface area contributed by atoms with Crippen molar-refractivity contribution in [2.75, 3.05) is 13.2 Å². The highest BCUT2D eigenvalue weighted by atomic mass is 35.5. The number of ether oxygens (including phenoxy) is 1. The van der Waals surface area contributed by atoms with E-state index in [-0.39, 0.29) is 0 Å². The number of hydrogen-bond donors (Lipinski definition) is 0. The number of halogens is 2. The molecule has 48 valence electrons. The zero-order chi connectivity index (χ0) is 6.41. The van der Waals surface area contributed by atoms with Crippen molar-refractivity contribution in [3.63, 3.8) is 0 Å². The van der Waals surface area contributed by atoms with Gasteiger partial charge in [0, 0.05) is 12.1 Å². The second-order valence-corrected chi connectivity index (χ2v) is 1.90. The Morgan fingerprint density at radius 1 is 1.75 bits per heavy atom. The highest BCUT2D eigenvalue weighted by Crippen LogP contribution is 2.02. The van der Waals surface area contributed by atoms with Gasteiger partial charge in [-0.3, -0.25) is 0 Å². The van der Waals surface area contributed by atoms with Crippen molar-refractivity contribution in [3.8, 4) is 0 Å². The maximum Gasteiger partial charge on any atom is 0.0831 e. The monoisotopic (exact) mass is 154 g/mol. The molecule has 0 aliphatic heterocycles. The minimum atomic E-state index is 0.418. The Labute approximate surface area is 59.2 Å². The molecule has 0 unspecified atom stereocenters. The fourth-order valence-corrected chi connectivity index (χ4v) is 0.371. The molecule has 0 radical (unpaired) electrons. The molecule has 0 fully saturated rings. The Morgan fingerprint density at radius 2 is 2.38 bits per heavy atom. The summed E-state index contributed by atoms with van der Waals surface area (Å²) >= 11 is 10.7. The van der Waals surface area contributed by atoms with Crippen LogP contribution in [-0.4, -0.2) is 13.2 Å². The van der Waals surface area contributed by atoms with Gasteiger partial charge >= 0.3 is 0 Å². The van der Waals surface area contributed by atoms with Crippen LogP contribution in [0.5, 0.6) is 0 Å². The minimum absolute atomic E-state index is 0.418. The Balaban J connectivity index is 3.12. The maximum atomic E-state index is 5.45. The zero-order valence-corrected chi connectivity index (χ0v) is 6.17. The molecule has 0 aliphatic carbocycles. The van der Waals surface area contributed by atoms with E-state index in [0.717, 1.165) is 0 Å². The molecule has 0 spiro atoms. The van der Waals surface area contributed by atoms with Crippen molar-refractivity contribution >= 4 is 23.2 Å². The van der Waals surface area contributed by atoms with E-state index in [1.54, 1.807) is 0 Å². The van der Waals surface area contributed by atoms with Crippen molar-refractivity contribution in [1.82, 2.24) is 0 Å². The van der Waals surface area contributed by atoms with E-state index >= 15 is 0 Å². The van der Waals surface area contributed by atoms with Gasteiger partial charge in [-0.2, -0.15) is 0 Å². The molecule has 0 amide bonds. The Morgan fingerprint density at radius 3 is 2.75 bits per heavy atom. The van der Waals surface area contributed by atoms with E-state index < -0.39 is 0 Å². The van der Waals surface area contributed by atoms with Crippen molar-refractivity contribution in [2.24, 2.45) is 0 Å². The fourth-order valence-electron chi connectivity index (χ4n) is 0.231. The fraction of sp³-hybridized carbons (Fsp3) is 0.600. The molecule has 0 aromatic rings. The third-order valence-corrected chi connectivity index (χ3v) is 1.16. The van der Waals surface area contributed by atoms with Gasteiger partial charge in [-0.25, -0.2) is 0 Å². The van der Waals surface area contributed by atoms with Gasteiger partial charge in [-0.05, 0) is 6.92 Å². The van der Waals surface area contributed by atoms with Gasteiger partial charge < -0.3 is 4.74 Å². The zero-order valence-electron chi connectivity index (χ0n) is 4.66. The first-order valence-corrected chi connectivity index (χ1v) is 3.15. The smallest absolute Gasteiger partial charge is 0.0831 e. The van der Waals surface area contributed by atoms with Crippen molar-refractivity contribution in [1.29, 1.82) is 0 Å². The van der Waals surface area contributed by atoms with Crippen LogP contribution in [0.3, 0.4) is 0 Å². The maximum absolute atomic E-state index is 5.45. The molecule has 0 bridgehead atoms.